The number of nitrogens with one attached hydrogen (secondary N) is 1. The number of benzene rings is 1. The van der Waals surface area contributed by atoms with Crippen LogP contribution in [0.2, 0.25) is 0 Å². The predicted molar refractivity (Wildman–Crippen MR) is 85.7 cm³/mol. The Balaban J connectivity index is 1.71. The fourth-order valence-electron chi connectivity index (χ4n) is 3.06. The number of furan rings is 1. The third kappa shape index (κ3) is 2.17. The third-order valence-corrected chi connectivity index (χ3v) is 4.19. The molecular formula is C18H16N2O2. The Kier molecular flexibility index (Phi) is 2.96. The van der Waals surface area contributed by atoms with Gasteiger partial charge in [-0.2, -0.15) is 0 Å². The Labute approximate surface area is 128 Å². The van der Waals surface area contributed by atoms with Crippen LogP contribution in [0.4, 0.5) is 11.4 Å². The van der Waals surface area contributed by atoms with Gasteiger partial charge in [0.15, 0.2) is 5.78 Å². The molecule has 22 heavy (non-hydrogen) atoms. The molecule has 4 rings (SSSR count). The second-order valence-electron chi connectivity index (χ2n) is 5.77. The molecule has 1 aliphatic carbocycles. The molecule has 1 aromatic heterocycles. The fourth-order valence-corrected chi connectivity index (χ4v) is 3.06. The number of allylic oxidation sites excluding steroid dienone is 2. The minimum absolute atomic E-state index is 0.0890. The topological polar surface area (TPSA) is 54.6 Å². The smallest absolute Gasteiger partial charge is 0.166 e. The number of rotatable bonds is 1. The average molecular weight is 292 g/mol. The monoisotopic (exact) mass is 292 g/mol. The third-order valence-electron chi connectivity index (χ3n) is 4.19. The first-order chi connectivity index (χ1) is 10.7. The van der Waals surface area contributed by atoms with Gasteiger partial charge in [-0.05, 0) is 37.6 Å². The number of hydrogen-bond acceptors (Lipinski definition) is 4. The van der Waals surface area contributed by atoms with E-state index in [-0.39, 0.29) is 11.7 Å². The molecule has 1 atom stereocenters. The van der Waals surface area contributed by atoms with Gasteiger partial charge in [0.2, 0.25) is 0 Å². The summed E-state index contributed by atoms with van der Waals surface area (Å²) in [4.78, 5) is 16.9. The van der Waals surface area contributed by atoms with Gasteiger partial charge in [-0.1, -0.05) is 12.1 Å². The van der Waals surface area contributed by atoms with Gasteiger partial charge >= 0.3 is 0 Å². The number of aliphatic imine (C=N–C) groups is 1. The SMILES string of the molecule is Cc1ccc([C@@H]2CC(=O)C3=C(C2)Nc2ccccc2N=C3)o1. The molecule has 4 heteroatoms. The van der Waals surface area contributed by atoms with Crippen molar-refractivity contribution >= 4 is 23.4 Å². The van der Waals surface area contributed by atoms with E-state index < -0.39 is 0 Å². The number of nitrogens with zero attached hydrogens (tertiary/aromatic N) is 1. The van der Waals surface area contributed by atoms with Gasteiger partial charge in [-0.3, -0.25) is 9.79 Å². The first-order valence-electron chi connectivity index (χ1n) is 7.43. The molecule has 0 unspecified atom stereocenters. The second kappa shape index (κ2) is 4.98. The fraction of sp³-hybridized carbons (Fsp3) is 0.222. The van der Waals surface area contributed by atoms with Crippen molar-refractivity contribution in [1.29, 1.82) is 0 Å². The minimum atomic E-state index is 0.0890. The van der Waals surface area contributed by atoms with Gasteiger partial charge in [-0.25, -0.2) is 0 Å². The Morgan fingerprint density at radius 3 is 2.86 bits per heavy atom. The number of carbonyl (C=O) groups is 1. The van der Waals surface area contributed by atoms with Crippen molar-refractivity contribution < 1.29 is 9.21 Å². The Hall–Kier alpha value is -2.62. The lowest BCUT2D eigenvalue weighted by atomic mass is 9.85. The number of ketones is 1. The molecule has 0 amide bonds. The van der Waals surface area contributed by atoms with Crippen LogP contribution in [0.25, 0.3) is 0 Å². The summed E-state index contributed by atoms with van der Waals surface area (Å²) in [6, 6.07) is 11.7. The molecule has 2 aromatic rings. The van der Waals surface area contributed by atoms with Crippen molar-refractivity contribution in [3.63, 3.8) is 0 Å². The molecule has 2 heterocycles. The van der Waals surface area contributed by atoms with Crippen LogP contribution < -0.4 is 5.32 Å². The highest BCUT2D eigenvalue weighted by molar-refractivity contribution is 6.16. The molecule has 1 N–H and O–H groups in total. The Morgan fingerprint density at radius 2 is 2.05 bits per heavy atom. The highest BCUT2D eigenvalue weighted by Gasteiger charge is 2.30. The van der Waals surface area contributed by atoms with E-state index in [0.717, 1.165) is 35.0 Å². The zero-order valence-electron chi connectivity index (χ0n) is 12.3. The molecule has 0 radical (unpaired) electrons. The summed E-state index contributed by atoms with van der Waals surface area (Å²) in [5.41, 5.74) is 3.42. The molecule has 4 nitrogen and oxygen atoms in total. The molecule has 1 aliphatic heterocycles. The van der Waals surface area contributed by atoms with Crippen LogP contribution >= 0.6 is 0 Å². The van der Waals surface area contributed by atoms with Crippen LogP contribution in [0.15, 0.2) is 57.1 Å². The first-order valence-corrected chi connectivity index (χ1v) is 7.43. The number of hydrogen-bond donors (Lipinski definition) is 1. The van der Waals surface area contributed by atoms with E-state index in [4.69, 9.17) is 4.42 Å². The zero-order valence-corrected chi connectivity index (χ0v) is 12.3. The van der Waals surface area contributed by atoms with Crippen LogP contribution in [-0.2, 0) is 4.79 Å². The summed E-state index contributed by atoms with van der Waals surface area (Å²) in [5.74, 6) is 1.96. The van der Waals surface area contributed by atoms with Crippen molar-refractivity contribution in [3.05, 3.63) is 59.2 Å². The van der Waals surface area contributed by atoms with Crippen LogP contribution in [0.1, 0.15) is 30.3 Å². The Morgan fingerprint density at radius 1 is 1.18 bits per heavy atom. The van der Waals surface area contributed by atoms with Crippen LogP contribution in [0, 0.1) is 6.92 Å². The highest BCUT2D eigenvalue weighted by Crippen LogP contribution is 2.38. The maximum absolute atomic E-state index is 12.5. The van der Waals surface area contributed by atoms with Crippen LogP contribution in [-0.4, -0.2) is 12.0 Å². The number of para-hydroxylation sites is 2. The number of carbonyl (C=O) groups excluding carboxylic acids is 1. The van der Waals surface area contributed by atoms with Crippen molar-refractivity contribution in [1.82, 2.24) is 0 Å². The summed E-state index contributed by atoms with van der Waals surface area (Å²) in [5, 5.41) is 3.39. The number of anilines is 1. The summed E-state index contributed by atoms with van der Waals surface area (Å²) in [6.45, 7) is 1.92. The van der Waals surface area contributed by atoms with E-state index in [9.17, 15) is 4.79 Å². The van der Waals surface area contributed by atoms with Crippen LogP contribution in [0.5, 0.6) is 0 Å². The predicted octanol–water partition coefficient (Wildman–Crippen LogP) is 4.12. The summed E-state index contributed by atoms with van der Waals surface area (Å²) < 4.78 is 5.72. The lowest BCUT2D eigenvalue weighted by Crippen LogP contribution is -2.21. The van der Waals surface area contributed by atoms with Crippen molar-refractivity contribution in [2.45, 2.75) is 25.7 Å². The number of aryl methyl sites for hydroxylation is 1. The number of Topliss-reactive ketones (excluding diaryl/α,β-unsaturated/α-hetero) is 1. The summed E-state index contributed by atoms with van der Waals surface area (Å²) >= 11 is 0. The van der Waals surface area contributed by atoms with Gasteiger partial charge in [0, 0.05) is 24.3 Å². The van der Waals surface area contributed by atoms with Gasteiger partial charge in [0.25, 0.3) is 0 Å². The van der Waals surface area contributed by atoms with E-state index in [1.165, 1.54) is 0 Å². The molecule has 0 saturated heterocycles. The molecular weight excluding hydrogens is 276 g/mol. The lowest BCUT2D eigenvalue weighted by molar-refractivity contribution is -0.115. The molecule has 2 aliphatic rings. The van der Waals surface area contributed by atoms with Gasteiger partial charge in [0.05, 0.1) is 16.9 Å². The largest absolute Gasteiger partial charge is 0.466 e. The summed E-state index contributed by atoms with van der Waals surface area (Å²) in [6.07, 6.45) is 2.92. The van der Waals surface area contributed by atoms with E-state index in [1.54, 1.807) is 6.21 Å². The van der Waals surface area contributed by atoms with E-state index >= 15 is 0 Å². The molecule has 0 bridgehead atoms. The maximum Gasteiger partial charge on any atom is 0.166 e. The van der Waals surface area contributed by atoms with Gasteiger partial charge < -0.3 is 9.73 Å². The normalized spacial score (nSPS) is 20.2. The van der Waals surface area contributed by atoms with E-state index in [1.807, 2.05) is 43.3 Å². The maximum atomic E-state index is 12.5. The van der Waals surface area contributed by atoms with Gasteiger partial charge in [0.1, 0.15) is 11.5 Å². The zero-order chi connectivity index (χ0) is 15.1. The second-order valence-corrected chi connectivity index (χ2v) is 5.77. The first kappa shape index (κ1) is 13.1. The standard InChI is InChI=1S/C18H16N2O2/c1-11-6-7-18(22-11)12-8-16-13(17(21)9-12)10-19-14-4-2-3-5-15(14)20-16/h2-7,10,12,20H,8-9H2,1H3/t12-/m0/s1. The highest BCUT2D eigenvalue weighted by atomic mass is 16.3. The summed E-state index contributed by atoms with van der Waals surface area (Å²) in [7, 11) is 0. The van der Waals surface area contributed by atoms with Crippen molar-refractivity contribution in [3.8, 4) is 0 Å². The van der Waals surface area contributed by atoms with Crippen LogP contribution in [0.3, 0.4) is 0 Å². The number of fused-ring (bicyclic) bond motifs is 1. The van der Waals surface area contributed by atoms with Crippen molar-refractivity contribution in [2.75, 3.05) is 5.32 Å². The molecule has 0 saturated carbocycles. The van der Waals surface area contributed by atoms with E-state index in [2.05, 4.69) is 10.3 Å². The van der Waals surface area contributed by atoms with Gasteiger partial charge in [-0.15, -0.1) is 0 Å². The average Bonchev–Trinajstić information content (AvgIpc) is 2.85. The Bertz CT molecular complexity index is 814. The van der Waals surface area contributed by atoms with E-state index in [0.29, 0.717) is 12.0 Å². The molecule has 0 fully saturated rings. The molecule has 110 valence electrons. The van der Waals surface area contributed by atoms with Crippen molar-refractivity contribution in [2.24, 2.45) is 4.99 Å². The minimum Gasteiger partial charge on any atom is -0.466 e. The lowest BCUT2D eigenvalue weighted by Gasteiger charge is -2.23. The molecule has 0 spiro atoms. The molecule has 1 aromatic carbocycles. The quantitative estimate of drug-likeness (QED) is 0.860.